The van der Waals surface area contributed by atoms with Gasteiger partial charge in [-0.25, -0.2) is 8.42 Å². The Hall–Kier alpha value is -2.42. The number of rotatable bonds is 6. The van der Waals surface area contributed by atoms with Crippen LogP contribution in [0.15, 0.2) is 24.3 Å². The monoisotopic (exact) mass is 364 g/mol. The largest absolute Gasteiger partial charge is 0.507 e. The van der Waals surface area contributed by atoms with Crippen molar-refractivity contribution in [3.8, 4) is 17.1 Å². The maximum absolute atomic E-state index is 12.5. The van der Waals surface area contributed by atoms with E-state index < -0.39 is 20.5 Å². The van der Waals surface area contributed by atoms with E-state index in [-0.39, 0.29) is 29.2 Å². The van der Waals surface area contributed by atoms with E-state index in [0.29, 0.717) is 5.56 Å². The predicted octanol–water partition coefficient (Wildman–Crippen LogP) is 1.72. The Labute approximate surface area is 145 Å². The highest BCUT2D eigenvalue weighted by Crippen LogP contribution is 2.34. The highest BCUT2D eigenvalue weighted by molar-refractivity contribution is 7.93. The number of hydrogen-bond acceptors (Lipinski definition) is 6. The number of anilines is 1. The van der Waals surface area contributed by atoms with Crippen molar-refractivity contribution in [3.05, 3.63) is 24.3 Å². The molecule has 1 heterocycles. The van der Waals surface area contributed by atoms with Crippen molar-refractivity contribution in [1.29, 1.82) is 0 Å². The lowest BCUT2D eigenvalue weighted by Crippen LogP contribution is -2.46. The minimum Gasteiger partial charge on any atom is -0.507 e. The van der Waals surface area contributed by atoms with Gasteiger partial charge in [-0.2, -0.15) is 4.98 Å². The van der Waals surface area contributed by atoms with Crippen molar-refractivity contribution in [2.24, 2.45) is 5.92 Å². The number of aromatic nitrogens is 3. The van der Waals surface area contributed by atoms with Gasteiger partial charge in [0.05, 0.1) is 11.3 Å². The maximum atomic E-state index is 12.5. The zero-order valence-corrected chi connectivity index (χ0v) is 14.8. The molecule has 1 saturated carbocycles. The van der Waals surface area contributed by atoms with Crippen LogP contribution in [0.1, 0.15) is 26.7 Å². The van der Waals surface area contributed by atoms with Crippen molar-refractivity contribution in [3.63, 3.8) is 0 Å². The molecule has 25 heavy (non-hydrogen) atoms. The van der Waals surface area contributed by atoms with Gasteiger partial charge in [0.25, 0.3) is 0 Å². The lowest BCUT2D eigenvalue weighted by molar-refractivity contribution is -0.117. The third-order valence-corrected chi connectivity index (χ3v) is 7.00. The molecule has 0 radical (unpaired) electrons. The number of hydrogen-bond donors (Lipinski definition) is 3. The number of para-hydroxylation sites is 1. The normalized spacial score (nSPS) is 15.1. The van der Waals surface area contributed by atoms with Gasteiger partial charge in [-0.05, 0) is 44.7 Å². The number of benzene rings is 1. The van der Waals surface area contributed by atoms with Crippen LogP contribution in [0.3, 0.4) is 0 Å². The van der Waals surface area contributed by atoms with Crippen LogP contribution in [-0.2, 0) is 14.6 Å². The molecule has 0 atom stereocenters. The van der Waals surface area contributed by atoms with Gasteiger partial charge in [-0.3, -0.25) is 15.2 Å². The van der Waals surface area contributed by atoms with Crippen LogP contribution < -0.4 is 5.32 Å². The number of aromatic amines is 1. The van der Waals surface area contributed by atoms with Gasteiger partial charge in [-0.15, -0.1) is 5.10 Å². The minimum absolute atomic E-state index is 0.0175. The fourth-order valence-corrected chi connectivity index (χ4v) is 4.01. The molecule has 3 N–H and O–H groups in total. The van der Waals surface area contributed by atoms with Gasteiger partial charge in [0.15, 0.2) is 15.7 Å². The standard InChI is InChI=1S/C16H20N4O4S/c1-16(2,25(23,24)9-10-7-8-10)14(22)18-15-17-13(19-20-15)11-5-3-4-6-12(11)21/h3-6,10,21H,7-9H2,1-2H3,(H2,17,18,19,20,22). The summed E-state index contributed by atoms with van der Waals surface area (Å²) in [5.41, 5.74) is 0.427. The molecule has 0 saturated heterocycles. The Bertz CT molecular complexity index is 900. The Balaban J connectivity index is 1.76. The van der Waals surface area contributed by atoms with Gasteiger partial charge in [-0.1, -0.05) is 12.1 Å². The Morgan fingerprint density at radius 1 is 1.36 bits per heavy atom. The molecule has 1 aliphatic carbocycles. The van der Waals surface area contributed by atoms with Crippen LogP contribution in [0.4, 0.5) is 5.95 Å². The first-order chi connectivity index (χ1) is 11.7. The number of phenols is 1. The summed E-state index contributed by atoms with van der Waals surface area (Å²) < 4.78 is 23.3. The van der Waals surface area contributed by atoms with Gasteiger partial charge in [0.1, 0.15) is 10.5 Å². The molecular weight excluding hydrogens is 344 g/mol. The summed E-state index contributed by atoms with van der Waals surface area (Å²) in [6.07, 6.45) is 1.78. The smallest absolute Gasteiger partial charge is 0.249 e. The maximum Gasteiger partial charge on any atom is 0.249 e. The van der Waals surface area contributed by atoms with Crippen LogP contribution in [0, 0.1) is 5.92 Å². The molecule has 2 aromatic rings. The van der Waals surface area contributed by atoms with Crippen LogP contribution in [-0.4, -0.2) is 45.1 Å². The first-order valence-corrected chi connectivity index (χ1v) is 9.60. The fraction of sp³-hybridized carbons (Fsp3) is 0.438. The van der Waals surface area contributed by atoms with E-state index in [0.717, 1.165) is 12.8 Å². The van der Waals surface area contributed by atoms with E-state index >= 15 is 0 Å². The van der Waals surface area contributed by atoms with Crippen molar-refractivity contribution in [1.82, 2.24) is 15.2 Å². The van der Waals surface area contributed by atoms with Crippen LogP contribution in [0.5, 0.6) is 5.75 Å². The quantitative estimate of drug-likeness (QED) is 0.717. The zero-order chi connectivity index (χ0) is 18.2. The molecular formula is C16H20N4O4S. The van der Waals surface area contributed by atoms with E-state index in [4.69, 9.17) is 0 Å². The SMILES string of the molecule is CC(C)(C(=O)Nc1n[nH]c(-c2ccccc2O)n1)S(=O)(=O)CC1CC1. The number of aromatic hydroxyl groups is 1. The lowest BCUT2D eigenvalue weighted by Gasteiger charge is -2.22. The summed E-state index contributed by atoms with van der Waals surface area (Å²) in [6, 6.07) is 6.55. The Kier molecular flexibility index (Phi) is 4.28. The van der Waals surface area contributed by atoms with Crippen LogP contribution in [0.2, 0.25) is 0 Å². The molecule has 134 valence electrons. The summed E-state index contributed by atoms with van der Waals surface area (Å²) in [5.74, 6) is -0.261. The van der Waals surface area contributed by atoms with E-state index in [1.165, 1.54) is 19.9 Å². The van der Waals surface area contributed by atoms with Crippen molar-refractivity contribution >= 4 is 21.7 Å². The number of carbonyl (C=O) groups is 1. The molecule has 1 aliphatic rings. The first-order valence-electron chi connectivity index (χ1n) is 7.95. The molecule has 8 nitrogen and oxygen atoms in total. The highest BCUT2D eigenvalue weighted by atomic mass is 32.2. The summed E-state index contributed by atoms with van der Waals surface area (Å²) in [4.78, 5) is 16.6. The van der Waals surface area contributed by atoms with E-state index in [9.17, 15) is 18.3 Å². The number of carbonyl (C=O) groups excluding carboxylic acids is 1. The van der Waals surface area contributed by atoms with E-state index in [2.05, 4.69) is 20.5 Å². The summed E-state index contributed by atoms with van der Waals surface area (Å²) >= 11 is 0. The summed E-state index contributed by atoms with van der Waals surface area (Å²) in [6.45, 7) is 2.77. The third kappa shape index (κ3) is 3.51. The number of amides is 1. The molecule has 1 amide bonds. The molecule has 1 aromatic carbocycles. The first kappa shape index (κ1) is 17.4. The second kappa shape index (κ2) is 6.14. The molecule has 1 fully saturated rings. The van der Waals surface area contributed by atoms with Crippen molar-refractivity contribution < 1.29 is 18.3 Å². The summed E-state index contributed by atoms with van der Waals surface area (Å²) in [5, 5.41) is 18.7. The lowest BCUT2D eigenvalue weighted by atomic mass is 10.2. The van der Waals surface area contributed by atoms with Crippen molar-refractivity contribution in [2.45, 2.75) is 31.4 Å². The predicted molar refractivity (Wildman–Crippen MR) is 92.7 cm³/mol. The number of nitrogens with zero attached hydrogens (tertiary/aromatic N) is 2. The zero-order valence-electron chi connectivity index (χ0n) is 14.0. The minimum atomic E-state index is -3.59. The molecule has 0 spiro atoms. The topological polar surface area (TPSA) is 125 Å². The third-order valence-electron chi connectivity index (χ3n) is 4.35. The van der Waals surface area contributed by atoms with E-state index in [1.807, 2.05) is 0 Å². The molecule has 0 bridgehead atoms. The average molecular weight is 364 g/mol. The van der Waals surface area contributed by atoms with Gasteiger partial charge >= 0.3 is 0 Å². The Morgan fingerprint density at radius 2 is 2.04 bits per heavy atom. The van der Waals surface area contributed by atoms with E-state index in [1.54, 1.807) is 18.2 Å². The van der Waals surface area contributed by atoms with Gasteiger partial charge in [0.2, 0.25) is 11.9 Å². The van der Waals surface area contributed by atoms with Gasteiger partial charge in [0, 0.05) is 0 Å². The molecule has 0 unspecified atom stereocenters. The number of nitrogens with one attached hydrogen (secondary N) is 2. The second-order valence-corrected chi connectivity index (χ2v) is 9.30. The van der Waals surface area contributed by atoms with Crippen LogP contribution in [0.25, 0.3) is 11.4 Å². The van der Waals surface area contributed by atoms with Crippen molar-refractivity contribution in [2.75, 3.05) is 11.1 Å². The highest BCUT2D eigenvalue weighted by Gasteiger charge is 2.44. The molecule has 3 rings (SSSR count). The second-order valence-electron chi connectivity index (χ2n) is 6.71. The number of phenolic OH excluding ortho intramolecular Hbond substituents is 1. The Morgan fingerprint density at radius 3 is 2.68 bits per heavy atom. The summed E-state index contributed by atoms with van der Waals surface area (Å²) in [7, 11) is -3.59. The number of sulfone groups is 1. The number of H-pyrrole nitrogens is 1. The van der Waals surface area contributed by atoms with Gasteiger partial charge < -0.3 is 5.11 Å². The molecule has 0 aliphatic heterocycles. The van der Waals surface area contributed by atoms with Crippen LogP contribution >= 0.6 is 0 Å². The fourth-order valence-electron chi connectivity index (χ4n) is 2.31. The average Bonchev–Trinajstić information content (AvgIpc) is 3.22. The molecule has 1 aromatic heterocycles. The molecule has 9 heteroatoms.